The molecule has 0 saturated carbocycles. The van der Waals surface area contributed by atoms with E-state index >= 15 is 0 Å². The van der Waals surface area contributed by atoms with Gasteiger partial charge in [-0.05, 0) is 57.0 Å². The van der Waals surface area contributed by atoms with Crippen LogP contribution in [0.25, 0.3) is 0 Å². The van der Waals surface area contributed by atoms with Crippen LogP contribution in [0.4, 0.5) is 5.82 Å². The maximum atomic E-state index is 12.8. The second kappa shape index (κ2) is 9.06. The maximum absolute atomic E-state index is 12.8. The molecule has 2 heterocycles. The average molecular weight is 402 g/mol. The normalized spacial score (nSPS) is 17.7. The summed E-state index contributed by atoms with van der Waals surface area (Å²) in [5.74, 6) is 0.569. The quantitative estimate of drug-likeness (QED) is 0.829. The Morgan fingerprint density at radius 2 is 2.07 bits per heavy atom. The van der Waals surface area contributed by atoms with Gasteiger partial charge in [0.2, 0.25) is 5.91 Å². The highest BCUT2D eigenvalue weighted by molar-refractivity contribution is 6.30. The zero-order valence-electron chi connectivity index (χ0n) is 16.0. The summed E-state index contributed by atoms with van der Waals surface area (Å²) in [7, 11) is 0. The van der Waals surface area contributed by atoms with E-state index in [-0.39, 0.29) is 17.7 Å². The molecule has 1 saturated heterocycles. The molecule has 1 aliphatic heterocycles. The second-order valence-corrected chi connectivity index (χ2v) is 7.43. The lowest BCUT2D eigenvalue weighted by molar-refractivity contribution is -0.140. The first-order valence-corrected chi connectivity index (χ1v) is 9.75. The monoisotopic (exact) mass is 401 g/mol. The molecule has 28 heavy (non-hydrogen) atoms. The van der Waals surface area contributed by atoms with Gasteiger partial charge >= 0.3 is 0 Å². The number of halogens is 1. The van der Waals surface area contributed by atoms with Crippen molar-refractivity contribution in [3.8, 4) is 5.75 Å². The van der Waals surface area contributed by atoms with Crippen LogP contribution in [0.15, 0.2) is 42.5 Å². The number of carbonyl (C=O) groups is 2. The molecule has 1 aliphatic rings. The smallest absolute Gasteiger partial charge is 0.263 e. The Labute approximate surface area is 169 Å². The van der Waals surface area contributed by atoms with E-state index in [2.05, 4.69) is 10.3 Å². The molecule has 3 rings (SSSR count). The number of aromatic nitrogens is 1. The fourth-order valence-corrected chi connectivity index (χ4v) is 3.46. The first-order chi connectivity index (χ1) is 13.4. The lowest BCUT2D eigenvalue weighted by atomic mass is 9.96. The van der Waals surface area contributed by atoms with Crippen molar-refractivity contribution >= 4 is 29.2 Å². The number of hydrogen-bond acceptors (Lipinski definition) is 4. The highest BCUT2D eigenvalue weighted by Gasteiger charge is 2.31. The Hall–Kier alpha value is -2.60. The summed E-state index contributed by atoms with van der Waals surface area (Å²) >= 11 is 5.96. The molecule has 1 fully saturated rings. The number of anilines is 1. The highest BCUT2D eigenvalue weighted by atomic mass is 35.5. The minimum Gasteiger partial charge on any atom is -0.481 e. The maximum Gasteiger partial charge on any atom is 0.263 e. The molecular weight excluding hydrogens is 378 g/mol. The Kier molecular flexibility index (Phi) is 6.52. The number of aryl methyl sites for hydroxylation is 1. The molecule has 2 atom stereocenters. The molecule has 0 bridgehead atoms. The molecule has 6 nitrogen and oxygen atoms in total. The molecule has 2 aromatic rings. The molecular formula is C21H24ClN3O3. The topological polar surface area (TPSA) is 71.5 Å². The first-order valence-electron chi connectivity index (χ1n) is 9.38. The van der Waals surface area contributed by atoms with E-state index in [1.165, 1.54) is 0 Å². The standard InChI is InChI=1S/C21H24ClN3O3/c1-14-6-3-10-19(23-14)24-20(26)16-7-5-11-25(13-16)21(27)15(2)28-18-9-4-8-17(22)12-18/h3-4,6,8-10,12,15-16H,5,7,11,13H2,1-2H3,(H,23,24,26). The summed E-state index contributed by atoms with van der Waals surface area (Å²) in [5.41, 5.74) is 0.838. The number of ether oxygens (including phenoxy) is 1. The summed E-state index contributed by atoms with van der Waals surface area (Å²) in [4.78, 5) is 31.4. The van der Waals surface area contributed by atoms with Gasteiger partial charge in [0, 0.05) is 23.8 Å². The number of benzene rings is 1. The largest absolute Gasteiger partial charge is 0.481 e. The van der Waals surface area contributed by atoms with Gasteiger partial charge < -0.3 is 15.0 Å². The van der Waals surface area contributed by atoms with E-state index in [0.29, 0.717) is 29.7 Å². The third-order valence-corrected chi connectivity index (χ3v) is 4.94. The summed E-state index contributed by atoms with van der Waals surface area (Å²) < 4.78 is 5.73. The van der Waals surface area contributed by atoms with Gasteiger partial charge in [-0.1, -0.05) is 23.7 Å². The third kappa shape index (κ3) is 5.23. The van der Waals surface area contributed by atoms with Gasteiger partial charge in [0.05, 0.1) is 5.92 Å². The number of carbonyl (C=O) groups excluding carboxylic acids is 2. The van der Waals surface area contributed by atoms with Gasteiger partial charge in [0.25, 0.3) is 5.91 Å². The van der Waals surface area contributed by atoms with Crippen molar-refractivity contribution in [1.82, 2.24) is 9.88 Å². The molecule has 2 unspecified atom stereocenters. The Morgan fingerprint density at radius 3 is 2.82 bits per heavy atom. The number of piperidine rings is 1. The predicted molar refractivity (Wildman–Crippen MR) is 108 cm³/mol. The summed E-state index contributed by atoms with van der Waals surface area (Å²) in [6.45, 7) is 4.58. The molecule has 1 N–H and O–H groups in total. The van der Waals surface area contributed by atoms with Gasteiger partial charge in [0.15, 0.2) is 6.10 Å². The van der Waals surface area contributed by atoms with E-state index < -0.39 is 6.10 Å². The number of hydrogen-bond donors (Lipinski definition) is 1. The van der Waals surface area contributed by atoms with Gasteiger partial charge in [-0.2, -0.15) is 0 Å². The molecule has 1 aromatic heterocycles. The van der Waals surface area contributed by atoms with Crippen LogP contribution in [0.2, 0.25) is 5.02 Å². The van der Waals surface area contributed by atoms with Crippen LogP contribution in [-0.2, 0) is 9.59 Å². The third-order valence-electron chi connectivity index (χ3n) is 4.70. The number of rotatable bonds is 5. The molecule has 148 valence electrons. The Balaban J connectivity index is 1.58. The molecule has 7 heteroatoms. The molecule has 0 spiro atoms. The van der Waals surface area contributed by atoms with Crippen LogP contribution < -0.4 is 10.1 Å². The van der Waals surface area contributed by atoms with Crippen LogP contribution >= 0.6 is 11.6 Å². The van der Waals surface area contributed by atoms with E-state index in [1.807, 2.05) is 19.1 Å². The molecule has 1 aromatic carbocycles. The van der Waals surface area contributed by atoms with Crippen LogP contribution in [0.3, 0.4) is 0 Å². The highest BCUT2D eigenvalue weighted by Crippen LogP contribution is 2.22. The van der Waals surface area contributed by atoms with Gasteiger partial charge in [-0.3, -0.25) is 9.59 Å². The molecule has 0 radical (unpaired) electrons. The van der Waals surface area contributed by atoms with E-state index in [1.54, 1.807) is 42.2 Å². The number of likely N-dealkylation sites (tertiary alicyclic amines) is 1. The summed E-state index contributed by atoms with van der Waals surface area (Å²) in [6, 6.07) is 12.4. The fraction of sp³-hybridized carbons (Fsp3) is 0.381. The number of pyridine rings is 1. The van der Waals surface area contributed by atoms with Crippen molar-refractivity contribution in [3.63, 3.8) is 0 Å². The predicted octanol–water partition coefficient (Wildman–Crippen LogP) is 3.69. The van der Waals surface area contributed by atoms with Crippen molar-refractivity contribution in [1.29, 1.82) is 0 Å². The number of nitrogens with one attached hydrogen (secondary N) is 1. The number of nitrogens with zero attached hydrogens (tertiary/aromatic N) is 2. The van der Waals surface area contributed by atoms with Crippen LogP contribution in [0.5, 0.6) is 5.75 Å². The van der Waals surface area contributed by atoms with Crippen LogP contribution in [0, 0.1) is 12.8 Å². The first kappa shape index (κ1) is 20.1. The van der Waals surface area contributed by atoms with Crippen molar-refractivity contribution < 1.29 is 14.3 Å². The molecule has 0 aliphatic carbocycles. The summed E-state index contributed by atoms with van der Waals surface area (Å²) in [5, 5.41) is 3.41. The Morgan fingerprint density at radius 1 is 1.29 bits per heavy atom. The van der Waals surface area contributed by atoms with Crippen molar-refractivity contribution in [2.75, 3.05) is 18.4 Å². The van der Waals surface area contributed by atoms with E-state index in [4.69, 9.17) is 16.3 Å². The SMILES string of the molecule is Cc1cccc(NC(=O)C2CCCN(C(=O)C(C)Oc3cccc(Cl)c3)C2)n1. The van der Waals surface area contributed by atoms with Crippen molar-refractivity contribution in [2.24, 2.45) is 5.92 Å². The average Bonchev–Trinajstić information content (AvgIpc) is 2.67. The minimum atomic E-state index is -0.654. The van der Waals surface area contributed by atoms with Crippen LogP contribution in [-0.4, -0.2) is 40.9 Å². The zero-order chi connectivity index (χ0) is 20.1. The minimum absolute atomic E-state index is 0.112. The zero-order valence-corrected chi connectivity index (χ0v) is 16.8. The van der Waals surface area contributed by atoms with Crippen LogP contribution in [0.1, 0.15) is 25.5 Å². The van der Waals surface area contributed by atoms with Gasteiger partial charge in [0.1, 0.15) is 11.6 Å². The lowest BCUT2D eigenvalue weighted by Gasteiger charge is -2.33. The van der Waals surface area contributed by atoms with Gasteiger partial charge in [-0.25, -0.2) is 4.98 Å². The second-order valence-electron chi connectivity index (χ2n) is 6.99. The van der Waals surface area contributed by atoms with Crippen molar-refractivity contribution in [3.05, 3.63) is 53.2 Å². The van der Waals surface area contributed by atoms with E-state index in [0.717, 1.165) is 18.5 Å². The van der Waals surface area contributed by atoms with E-state index in [9.17, 15) is 9.59 Å². The van der Waals surface area contributed by atoms with Gasteiger partial charge in [-0.15, -0.1) is 0 Å². The number of amides is 2. The Bertz CT molecular complexity index is 858. The van der Waals surface area contributed by atoms with Crippen molar-refractivity contribution in [2.45, 2.75) is 32.8 Å². The fourth-order valence-electron chi connectivity index (χ4n) is 3.28. The lowest BCUT2D eigenvalue weighted by Crippen LogP contribution is -2.48. The molecule has 2 amide bonds. The summed E-state index contributed by atoms with van der Waals surface area (Å²) in [6.07, 6.45) is 0.860.